The fraction of sp³-hybridized carbons (Fsp3) is 0.933. The zero-order valence-electron chi connectivity index (χ0n) is 13.1. The van der Waals surface area contributed by atoms with Gasteiger partial charge in [-0.2, -0.15) is 0 Å². The van der Waals surface area contributed by atoms with Gasteiger partial charge in [0.15, 0.2) is 0 Å². The third-order valence-corrected chi connectivity index (χ3v) is 3.12. The Morgan fingerprint density at radius 3 is 2.39 bits per heavy atom. The van der Waals surface area contributed by atoms with E-state index < -0.39 is 0 Å². The van der Waals surface area contributed by atoms with Crippen LogP contribution in [0.5, 0.6) is 0 Å². The molecule has 0 aromatic carbocycles. The smallest absolute Gasteiger partial charge is 0.0935 e. The lowest BCUT2D eigenvalue weighted by molar-refractivity contribution is 0.271. The Hall–Kier alpha value is -0.570. The van der Waals surface area contributed by atoms with Gasteiger partial charge in [0.25, 0.3) is 0 Å². The van der Waals surface area contributed by atoms with Gasteiger partial charge in [0, 0.05) is 13.1 Å². The van der Waals surface area contributed by atoms with Gasteiger partial charge < -0.3 is 10.2 Å². The number of hydrogen-bond acceptors (Lipinski definition) is 2. The number of amidine groups is 1. The maximum absolute atomic E-state index is 4.71. The van der Waals surface area contributed by atoms with Crippen molar-refractivity contribution >= 4 is 5.84 Å². The predicted molar refractivity (Wildman–Crippen MR) is 82.5 cm³/mol. The molecule has 3 nitrogen and oxygen atoms in total. The lowest BCUT2D eigenvalue weighted by Crippen LogP contribution is -2.32. The average molecular weight is 255 g/mol. The highest BCUT2D eigenvalue weighted by Gasteiger charge is 2.07. The summed E-state index contributed by atoms with van der Waals surface area (Å²) in [6.07, 6.45) is 5.01. The van der Waals surface area contributed by atoms with Crippen molar-refractivity contribution in [3.63, 3.8) is 0 Å². The molecule has 3 heteroatoms. The molecule has 0 aliphatic rings. The third kappa shape index (κ3) is 9.46. The SMILES string of the molecule is CCCCN/C(C)=N/C(C)CN(CC)CCCC. The monoisotopic (exact) mass is 255 g/mol. The normalized spacial score (nSPS) is 14.0. The fourth-order valence-corrected chi connectivity index (χ4v) is 2.00. The molecule has 0 aromatic heterocycles. The lowest BCUT2D eigenvalue weighted by atomic mass is 10.2. The number of nitrogens with one attached hydrogen (secondary N) is 1. The summed E-state index contributed by atoms with van der Waals surface area (Å²) in [5.74, 6) is 1.09. The van der Waals surface area contributed by atoms with Crippen molar-refractivity contribution in [3.05, 3.63) is 0 Å². The molecule has 0 radical (unpaired) electrons. The van der Waals surface area contributed by atoms with Crippen molar-refractivity contribution < 1.29 is 0 Å². The van der Waals surface area contributed by atoms with Gasteiger partial charge in [0.2, 0.25) is 0 Å². The summed E-state index contributed by atoms with van der Waals surface area (Å²) in [4.78, 5) is 7.21. The molecule has 0 aromatic rings. The number of hydrogen-bond donors (Lipinski definition) is 1. The highest BCUT2D eigenvalue weighted by Crippen LogP contribution is 2.00. The van der Waals surface area contributed by atoms with E-state index in [0.717, 1.165) is 25.5 Å². The van der Waals surface area contributed by atoms with E-state index in [4.69, 9.17) is 4.99 Å². The minimum atomic E-state index is 0.385. The van der Waals surface area contributed by atoms with Gasteiger partial charge in [-0.15, -0.1) is 0 Å². The zero-order chi connectivity index (χ0) is 13.8. The Morgan fingerprint density at radius 2 is 1.83 bits per heavy atom. The molecule has 0 aliphatic heterocycles. The second-order valence-electron chi connectivity index (χ2n) is 5.09. The van der Waals surface area contributed by atoms with Crippen LogP contribution in [0.25, 0.3) is 0 Å². The first-order valence-electron chi connectivity index (χ1n) is 7.64. The molecule has 0 spiro atoms. The average Bonchev–Trinajstić information content (AvgIpc) is 2.34. The van der Waals surface area contributed by atoms with Crippen LogP contribution in [0.2, 0.25) is 0 Å². The quantitative estimate of drug-likeness (QED) is 0.368. The fourth-order valence-electron chi connectivity index (χ4n) is 2.00. The Morgan fingerprint density at radius 1 is 1.17 bits per heavy atom. The molecule has 1 N–H and O–H groups in total. The predicted octanol–water partition coefficient (Wildman–Crippen LogP) is 3.31. The summed E-state index contributed by atoms with van der Waals surface area (Å²) in [5, 5.41) is 3.38. The van der Waals surface area contributed by atoms with Gasteiger partial charge in [0.1, 0.15) is 0 Å². The second-order valence-corrected chi connectivity index (χ2v) is 5.09. The van der Waals surface area contributed by atoms with E-state index in [9.17, 15) is 0 Å². The largest absolute Gasteiger partial charge is 0.374 e. The maximum atomic E-state index is 4.71. The van der Waals surface area contributed by atoms with Crippen LogP contribution in [-0.2, 0) is 0 Å². The van der Waals surface area contributed by atoms with Gasteiger partial charge in [-0.3, -0.25) is 4.99 Å². The third-order valence-electron chi connectivity index (χ3n) is 3.12. The van der Waals surface area contributed by atoms with Crippen LogP contribution < -0.4 is 5.32 Å². The van der Waals surface area contributed by atoms with Crippen LogP contribution in [0.15, 0.2) is 4.99 Å². The van der Waals surface area contributed by atoms with Crippen LogP contribution in [0.1, 0.15) is 60.3 Å². The molecule has 0 saturated carbocycles. The molecule has 0 bridgehead atoms. The van der Waals surface area contributed by atoms with Crippen LogP contribution >= 0.6 is 0 Å². The van der Waals surface area contributed by atoms with Crippen molar-refractivity contribution in [2.75, 3.05) is 26.2 Å². The standard InChI is InChI=1S/C15H33N3/c1-6-9-11-16-15(5)17-14(4)13-18(8-3)12-10-7-2/h14H,6-13H2,1-5H3,(H,16,17). The van der Waals surface area contributed by atoms with Gasteiger partial charge in [-0.25, -0.2) is 0 Å². The summed E-state index contributed by atoms with van der Waals surface area (Å²) in [6, 6.07) is 0.385. The van der Waals surface area contributed by atoms with Gasteiger partial charge in [0.05, 0.1) is 11.9 Å². The molecule has 108 valence electrons. The molecule has 0 aliphatic carbocycles. The molecule has 0 rings (SSSR count). The van der Waals surface area contributed by atoms with Crippen LogP contribution in [0.3, 0.4) is 0 Å². The molecular formula is C15H33N3. The minimum Gasteiger partial charge on any atom is -0.374 e. The van der Waals surface area contributed by atoms with E-state index >= 15 is 0 Å². The number of unbranched alkanes of at least 4 members (excludes halogenated alkanes) is 2. The number of aliphatic imine (C=N–C) groups is 1. The minimum absolute atomic E-state index is 0.385. The summed E-state index contributed by atoms with van der Waals surface area (Å²) >= 11 is 0. The zero-order valence-corrected chi connectivity index (χ0v) is 13.1. The first kappa shape index (κ1) is 17.4. The molecule has 1 unspecified atom stereocenters. The Balaban J connectivity index is 3.96. The lowest BCUT2D eigenvalue weighted by Gasteiger charge is -2.22. The summed E-state index contributed by atoms with van der Waals surface area (Å²) in [7, 11) is 0. The highest BCUT2D eigenvalue weighted by molar-refractivity contribution is 5.79. The first-order chi connectivity index (χ1) is 8.63. The van der Waals surface area contributed by atoms with Crippen molar-refractivity contribution in [1.29, 1.82) is 0 Å². The van der Waals surface area contributed by atoms with Crippen LogP contribution in [0.4, 0.5) is 0 Å². The summed E-state index contributed by atoms with van der Waals surface area (Å²) in [5.41, 5.74) is 0. The van der Waals surface area contributed by atoms with Crippen LogP contribution in [0, 0.1) is 0 Å². The van der Waals surface area contributed by atoms with Crippen molar-refractivity contribution in [1.82, 2.24) is 10.2 Å². The Labute approximate surface area is 114 Å². The maximum Gasteiger partial charge on any atom is 0.0935 e. The van der Waals surface area contributed by atoms with Gasteiger partial charge in [-0.05, 0) is 39.8 Å². The topological polar surface area (TPSA) is 27.6 Å². The Bertz CT molecular complexity index is 214. The summed E-state index contributed by atoms with van der Waals surface area (Å²) in [6.45, 7) is 15.4. The molecule has 1 atom stereocenters. The van der Waals surface area contributed by atoms with Gasteiger partial charge in [-0.1, -0.05) is 33.6 Å². The van der Waals surface area contributed by atoms with Crippen molar-refractivity contribution in [2.24, 2.45) is 4.99 Å². The van der Waals surface area contributed by atoms with E-state index in [0.29, 0.717) is 6.04 Å². The molecule has 0 fully saturated rings. The molecular weight excluding hydrogens is 222 g/mol. The van der Waals surface area contributed by atoms with Crippen molar-refractivity contribution in [3.8, 4) is 0 Å². The number of rotatable bonds is 10. The highest BCUT2D eigenvalue weighted by atomic mass is 15.1. The van der Waals surface area contributed by atoms with E-state index in [1.165, 1.54) is 32.2 Å². The van der Waals surface area contributed by atoms with E-state index in [-0.39, 0.29) is 0 Å². The number of likely N-dealkylation sites (N-methyl/N-ethyl adjacent to an activating group) is 1. The first-order valence-corrected chi connectivity index (χ1v) is 7.64. The molecule has 0 amide bonds. The van der Waals surface area contributed by atoms with Gasteiger partial charge >= 0.3 is 0 Å². The van der Waals surface area contributed by atoms with E-state index in [1.807, 2.05) is 0 Å². The molecule has 18 heavy (non-hydrogen) atoms. The second kappa shape index (κ2) is 11.5. The van der Waals surface area contributed by atoms with Crippen molar-refractivity contribution in [2.45, 2.75) is 66.3 Å². The number of nitrogens with zero attached hydrogens (tertiary/aromatic N) is 2. The molecule has 0 saturated heterocycles. The van der Waals surface area contributed by atoms with E-state index in [2.05, 4.69) is 44.8 Å². The summed E-state index contributed by atoms with van der Waals surface area (Å²) < 4.78 is 0. The van der Waals surface area contributed by atoms with E-state index in [1.54, 1.807) is 0 Å². The van der Waals surface area contributed by atoms with Crippen LogP contribution in [-0.4, -0.2) is 43.0 Å². The Kier molecular flexibility index (Phi) is 11.2. The molecule has 0 heterocycles.